The molecule has 2 fully saturated rings. The molecular formula is C27H29N5O3S. The van der Waals surface area contributed by atoms with Gasteiger partial charge in [0, 0.05) is 48.1 Å². The molecule has 1 aromatic heterocycles. The lowest BCUT2D eigenvalue weighted by atomic mass is 9.60. The van der Waals surface area contributed by atoms with Crippen molar-refractivity contribution in [3.63, 3.8) is 0 Å². The predicted molar refractivity (Wildman–Crippen MR) is 141 cm³/mol. The summed E-state index contributed by atoms with van der Waals surface area (Å²) < 4.78 is 23.6. The monoisotopic (exact) mass is 503 g/mol. The van der Waals surface area contributed by atoms with Crippen molar-refractivity contribution >= 4 is 38.4 Å². The highest BCUT2D eigenvalue weighted by atomic mass is 32.2. The number of para-hydroxylation sites is 1. The third-order valence-electron chi connectivity index (χ3n) is 7.85. The minimum absolute atomic E-state index is 0.0237. The number of H-pyrrole nitrogens is 1. The van der Waals surface area contributed by atoms with E-state index in [2.05, 4.69) is 46.5 Å². The van der Waals surface area contributed by atoms with Gasteiger partial charge in [-0.1, -0.05) is 42.8 Å². The first kappa shape index (κ1) is 23.0. The summed E-state index contributed by atoms with van der Waals surface area (Å²) in [6.07, 6.45) is 9.04. The number of hydrogen-bond donors (Lipinski definition) is 2. The molecule has 3 aromatic rings. The number of nitrogens with zero attached hydrogens (tertiary/aromatic N) is 3. The van der Waals surface area contributed by atoms with Gasteiger partial charge in [0.15, 0.2) is 9.84 Å². The number of carbonyl (C=O) groups excluding carboxylic acids is 1. The maximum absolute atomic E-state index is 13.3. The average Bonchev–Trinajstić information content (AvgIpc) is 3.28. The van der Waals surface area contributed by atoms with E-state index in [1.165, 1.54) is 11.1 Å². The number of nitrogens with two attached hydrogens (primary N) is 1. The molecule has 9 heteroatoms. The Morgan fingerprint density at radius 1 is 1.06 bits per heavy atom. The summed E-state index contributed by atoms with van der Waals surface area (Å²) in [7, 11) is -3.05. The minimum atomic E-state index is -3.05. The quantitative estimate of drug-likeness (QED) is 0.532. The van der Waals surface area contributed by atoms with Crippen molar-refractivity contribution in [3.05, 3.63) is 77.1 Å². The predicted octanol–water partition coefficient (Wildman–Crippen LogP) is 3.07. The highest BCUT2D eigenvalue weighted by molar-refractivity contribution is 7.91. The molecule has 6 rings (SSSR count). The summed E-state index contributed by atoms with van der Waals surface area (Å²) in [5, 5.41) is 2.62. The van der Waals surface area contributed by atoms with Crippen LogP contribution < -0.4 is 5.84 Å². The van der Waals surface area contributed by atoms with E-state index in [0.717, 1.165) is 41.3 Å². The lowest BCUT2D eigenvalue weighted by molar-refractivity contribution is 0.0772. The molecule has 3 N–H and O–H groups in total. The number of aromatic nitrogens is 1. The number of amides is 1. The molecule has 3 heterocycles. The Labute approximate surface area is 210 Å². The summed E-state index contributed by atoms with van der Waals surface area (Å²) in [5.41, 5.74) is 5.83. The number of rotatable bonds is 4. The molecule has 1 amide bonds. The number of aliphatic imine (C=N–C) groups is 1. The smallest absolute Gasteiger partial charge is 0.256 e. The molecule has 3 aliphatic rings. The van der Waals surface area contributed by atoms with Crippen LogP contribution in [0.5, 0.6) is 0 Å². The molecule has 1 aliphatic carbocycles. The van der Waals surface area contributed by atoms with Gasteiger partial charge in [0.25, 0.3) is 5.91 Å². The molecule has 0 spiro atoms. The number of nitrogens with one attached hydrogen (secondary N) is 1. The Morgan fingerprint density at radius 2 is 1.81 bits per heavy atom. The summed E-state index contributed by atoms with van der Waals surface area (Å²) in [6, 6.07) is 14.5. The zero-order valence-corrected chi connectivity index (χ0v) is 20.8. The van der Waals surface area contributed by atoms with Crippen LogP contribution in [0.2, 0.25) is 0 Å². The van der Waals surface area contributed by atoms with E-state index < -0.39 is 9.84 Å². The first-order valence-corrected chi connectivity index (χ1v) is 14.1. The lowest BCUT2D eigenvalue weighted by Gasteiger charge is -2.43. The van der Waals surface area contributed by atoms with Crippen molar-refractivity contribution in [3.8, 4) is 0 Å². The van der Waals surface area contributed by atoms with E-state index in [-0.39, 0.29) is 35.9 Å². The number of aromatic amines is 1. The second-order valence-electron chi connectivity index (χ2n) is 9.94. The van der Waals surface area contributed by atoms with Crippen LogP contribution in [0.4, 0.5) is 0 Å². The third-order valence-corrected chi connectivity index (χ3v) is 9.46. The van der Waals surface area contributed by atoms with Crippen molar-refractivity contribution in [2.45, 2.75) is 24.7 Å². The normalized spacial score (nSPS) is 20.8. The van der Waals surface area contributed by atoms with E-state index in [1.807, 2.05) is 24.5 Å². The largest absolute Gasteiger partial charge is 0.360 e. The van der Waals surface area contributed by atoms with E-state index >= 15 is 0 Å². The molecule has 0 atom stereocenters. The van der Waals surface area contributed by atoms with Gasteiger partial charge >= 0.3 is 0 Å². The van der Waals surface area contributed by atoms with Gasteiger partial charge in [-0.2, -0.15) is 0 Å². The summed E-state index contributed by atoms with van der Waals surface area (Å²) in [4.78, 5) is 22.7. The van der Waals surface area contributed by atoms with Gasteiger partial charge < -0.3 is 9.88 Å². The topological polar surface area (TPSA) is 112 Å². The zero-order chi connectivity index (χ0) is 24.9. The van der Waals surface area contributed by atoms with Crippen LogP contribution in [-0.2, 0) is 15.3 Å². The second kappa shape index (κ2) is 8.60. The number of hydrazine groups is 1. The van der Waals surface area contributed by atoms with E-state index in [9.17, 15) is 13.2 Å². The van der Waals surface area contributed by atoms with E-state index in [4.69, 9.17) is 5.84 Å². The van der Waals surface area contributed by atoms with Gasteiger partial charge in [-0.25, -0.2) is 14.3 Å². The highest BCUT2D eigenvalue weighted by Crippen LogP contribution is 2.51. The van der Waals surface area contributed by atoms with E-state index in [1.54, 1.807) is 9.91 Å². The fourth-order valence-corrected chi connectivity index (χ4v) is 6.88. The number of sulfone groups is 1. The van der Waals surface area contributed by atoms with Gasteiger partial charge in [-0.05, 0) is 35.6 Å². The molecule has 8 nitrogen and oxygen atoms in total. The zero-order valence-electron chi connectivity index (χ0n) is 20.0. The van der Waals surface area contributed by atoms with Gasteiger partial charge in [0.2, 0.25) is 0 Å². The number of allylic oxidation sites excluding steroid dienone is 1. The molecule has 36 heavy (non-hydrogen) atoms. The summed E-state index contributed by atoms with van der Waals surface area (Å²) in [6.45, 7) is 0.946. The Hall–Kier alpha value is -3.43. The molecule has 2 aromatic carbocycles. The Bertz CT molecular complexity index is 1490. The molecule has 0 radical (unpaired) electrons. The average molecular weight is 504 g/mol. The molecule has 186 valence electrons. The van der Waals surface area contributed by atoms with Gasteiger partial charge in [0.05, 0.1) is 22.6 Å². The molecule has 2 aliphatic heterocycles. The van der Waals surface area contributed by atoms with Gasteiger partial charge in [0.1, 0.15) is 6.67 Å². The summed E-state index contributed by atoms with van der Waals surface area (Å²) >= 11 is 0. The van der Waals surface area contributed by atoms with Crippen molar-refractivity contribution in [1.82, 2.24) is 14.9 Å². The van der Waals surface area contributed by atoms with Crippen LogP contribution in [0, 0.1) is 0 Å². The Kier molecular flexibility index (Phi) is 5.49. The lowest BCUT2D eigenvalue weighted by Crippen LogP contribution is -2.43. The SMILES string of the molecule is NN1C=C(c2ccc(C3(c4c[nH]c5c(C(=O)N6CCS(=O)(=O)CC6)cccc45)CCC3)cc2)C=NC1. The van der Waals surface area contributed by atoms with Crippen LogP contribution in [0.15, 0.2) is 59.9 Å². The third kappa shape index (κ3) is 3.83. The maximum Gasteiger partial charge on any atom is 0.256 e. The standard InChI is InChI=1S/C27H29N5O3S/c28-32-17-20(15-29-18-32)19-5-7-21(8-6-19)27(9-2-10-27)24-16-30-25-22(24)3-1-4-23(25)26(33)31-11-13-36(34,35)14-12-31/h1,3-8,15-17,30H,2,9-14,18,28H2. The molecule has 0 bridgehead atoms. The molecule has 0 unspecified atom stereocenters. The minimum Gasteiger partial charge on any atom is -0.360 e. The van der Waals surface area contributed by atoms with Crippen LogP contribution in [-0.4, -0.2) is 66.7 Å². The van der Waals surface area contributed by atoms with Crippen molar-refractivity contribution in [2.75, 3.05) is 31.3 Å². The Morgan fingerprint density at radius 3 is 2.47 bits per heavy atom. The number of fused-ring (bicyclic) bond motifs is 1. The van der Waals surface area contributed by atoms with Crippen molar-refractivity contribution < 1.29 is 13.2 Å². The van der Waals surface area contributed by atoms with Gasteiger partial charge in [-0.15, -0.1) is 0 Å². The van der Waals surface area contributed by atoms with Crippen molar-refractivity contribution in [2.24, 2.45) is 10.8 Å². The first-order chi connectivity index (χ1) is 17.4. The van der Waals surface area contributed by atoms with Crippen LogP contribution in [0.1, 0.15) is 46.3 Å². The highest BCUT2D eigenvalue weighted by Gasteiger charge is 2.42. The fourth-order valence-electron chi connectivity index (χ4n) is 5.68. The van der Waals surface area contributed by atoms with Gasteiger partial charge in [-0.3, -0.25) is 14.8 Å². The number of benzene rings is 2. The fraction of sp³-hybridized carbons (Fsp3) is 0.333. The summed E-state index contributed by atoms with van der Waals surface area (Å²) in [5.74, 6) is 5.82. The molecular weight excluding hydrogens is 474 g/mol. The number of hydrogen-bond acceptors (Lipinski definition) is 6. The Balaban J connectivity index is 1.33. The van der Waals surface area contributed by atoms with Crippen LogP contribution in [0.25, 0.3) is 16.5 Å². The molecule has 1 saturated carbocycles. The maximum atomic E-state index is 13.3. The van der Waals surface area contributed by atoms with E-state index in [0.29, 0.717) is 12.2 Å². The van der Waals surface area contributed by atoms with Crippen LogP contribution >= 0.6 is 0 Å². The van der Waals surface area contributed by atoms with Crippen LogP contribution in [0.3, 0.4) is 0 Å². The molecule has 1 saturated heterocycles. The second-order valence-corrected chi connectivity index (χ2v) is 12.2. The number of carbonyl (C=O) groups is 1. The van der Waals surface area contributed by atoms with Crippen molar-refractivity contribution in [1.29, 1.82) is 0 Å². The first-order valence-electron chi connectivity index (χ1n) is 12.3.